The molecule has 1 saturated carbocycles. The van der Waals surface area contributed by atoms with Crippen molar-refractivity contribution in [3.05, 3.63) is 27.7 Å². The summed E-state index contributed by atoms with van der Waals surface area (Å²) >= 11 is 3.67. The summed E-state index contributed by atoms with van der Waals surface area (Å²) in [5.74, 6) is 2.82. The fraction of sp³-hybridized carbons (Fsp3) is 0.667. The van der Waals surface area contributed by atoms with Gasteiger partial charge >= 0.3 is 0 Å². The molecule has 0 saturated heterocycles. The average Bonchev–Trinajstić information content (AvgIpc) is 2.94. The minimum absolute atomic E-state index is 0.806. The van der Waals surface area contributed by atoms with Crippen molar-refractivity contribution in [3.8, 4) is 5.75 Å². The van der Waals surface area contributed by atoms with E-state index < -0.39 is 0 Å². The molecule has 2 nitrogen and oxygen atoms in total. The van der Waals surface area contributed by atoms with E-state index in [1.807, 2.05) is 0 Å². The summed E-state index contributed by atoms with van der Waals surface area (Å²) in [5, 5.41) is 3.56. The van der Waals surface area contributed by atoms with Crippen LogP contribution in [0.15, 0.2) is 16.6 Å². The molecule has 1 aliphatic heterocycles. The van der Waals surface area contributed by atoms with Gasteiger partial charge in [0.05, 0.1) is 6.61 Å². The van der Waals surface area contributed by atoms with E-state index in [4.69, 9.17) is 4.74 Å². The maximum Gasteiger partial charge on any atom is 0.125 e. The van der Waals surface area contributed by atoms with Gasteiger partial charge in [0.1, 0.15) is 5.75 Å². The maximum absolute atomic E-state index is 5.91. The molecule has 2 aliphatic rings. The Hall–Kier alpha value is -0.540. The molecule has 3 rings (SSSR count). The Bertz CT molecular complexity index is 488. The summed E-state index contributed by atoms with van der Waals surface area (Å²) in [6.07, 6.45) is 7.79. The molecule has 1 N–H and O–H groups in total. The van der Waals surface area contributed by atoms with Gasteiger partial charge in [-0.3, -0.25) is 0 Å². The topological polar surface area (TPSA) is 21.3 Å². The van der Waals surface area contributed by atoms with Crippen molar-refractivity contribution in [2.45, 2.75) is 45.4 Å². The number of benzene rings is 1. The van der Waals surface area contributed by atoms with Crippen LogP contribution in [0.1, 0.15) is 43.7 Å². The zero-order valence-electron chi connectivity index (χ0n) is 13.0. The van der Waals surface area contributed by atoms with Crippen LogP contribution in [0.5, 0.6) is 5.75 Å². The zero-order chi connectivity index (χ0) is 14.7. The molecule has 0 bridgehead atoms. The molecular formula is C18H26BrNO. The number of nitrogens with one attached hydrogen (secondary N) is 1. The largest absolute Gasteiger partial charge is 0.493 e. The lowest BCUT2D eigenvalue weighted by molar-refractivity contribution is 0.227. The molecule has 0 spiro atoms. The Morgan fingerprint density at radius 3 is 2.86 bits per heavy atom. The predicted molar refractivity (Wildman–Crippen MR) is 91.0 cm³/mol. The van der Waals surface area contributed by atoms with Gasteiger partial charge in [0, 0.05) is 10.9 Å². The summed E-state index contributed by atoms with van der Waals surface area (Å²) in [5.41, 5.74) is 2.81. The second-order valence-electron chi connectivity index (χ2n) is 6.47. The van der Waals surface area contributed by atoms with Crippen LogP contribution < -0.4 is 10.1 Å². The molecule has 1 fully saturated rings. The lowest BCUT2D eigenvalue weighted by atomic mass is 9.76. The molecule has 3 heteroatoms. The Kier molecular flexibility index (Phi) is 5.23. The van der Waals surface area contributed by atoms with Gasteiger partial charge in [-0.05, 0) is 67.4 Å². The molecular weight excluding hydrogens is 326 g/mol. The molecule has 2 unspecified atom stereocenters. The second-order valence-corrected chi connectivity index (χ2v) is 7.38. The first-order valence-electron chi connectivity index (χ1n) is 8.42. The van der Waals surface area contributed by atoms with Crippen molar-refractivity contribution in [3.63, 3.8) is 0 Å². The van der Waals surface area contributed by atoms with Gasteiger partial charge in [-0.2, -0.15) is 0 Å². The van der Waals surface area contributed by atoms with Gasteiger partial charge < -0.3 is 10.1 Å². The second kappa shape index (κ2) is 7.15. The molecule has 1 aromatic carbocycles. The third-order valence-corrected chi connectivity index (χ3v) is 5.49. The number of rotatable bonds is 5. The molecule has 1 aliphatic carbocycles. The van der Waals surface area contributed by atoms with Crippen LogP contribution in [0.2, 0.25) is 0 Å². The number of hydrogen-bond donors (Lipinski definition) is 1. The highest BCUT2D eigenvalue weighted by Crippen LogP contribution is 2.38. The van der Waals surface area contributed by atoms with Crippen molar-refractivity contribution in [2.75, 3.05) is 19.7 Å². The van der Waals surface area contributed by atoms with Crippen LogP contribution in [0, 0.1) is 11.8 Å². The summed E-state index contributed by atoms with van der Waals surface area (Å²) in [6, 6.07) is 4.51. The highest BCUT2D eigenvalue weighted by atomic mass is 79.9. The number of fused-ring (bicyclic) bond motifs is 1. The fourth-order valence-corrected chi connectivity index (χ4v) is 4.48. The van der Waals surface area contributed by atoms with Gasteiger partial charge in [0.15, 0.2) is 0 Å². The minimum atomic E-state index is 0.806. The average molecular weight is 352 g/mol. The molecule has 1 aromatic rings. The smallest absolute Gasteiger partial charge is 0.125 e. The first kappa shape index (κ1) is 15.4. The van der Waals surface area contributed by atoms with E-state index in [0.29, 0.717) is 0 Å². The van der Waals surface area contributed by atoms with Crippen molar-refractivity contribution in [2.24, 2.45) is 11.8 Å². The lowest BCUT2D eigenvalue weighted by Crippen LogP contribution is -2.31. The third-order valence-electron chi connectivity index (χ3n) is 5.03. The number of halogens is 1. The normalized spacial score (nSPS) is 24.7. The third kappa shape index (κ3) is 3.62. The molecule has 116 valence electrons. The first-order chi connectivity index (χ1) is 10.3. The van der Waals surface area contributed by atoms with Crippen LogP contribution in [0.3, 0.4) is 0 Å². The molecule has 21 heavy (non-hydrogen) atoms. The van der Waals surface area contributed by atoms with Gasteiger partial charge in [-0.25, -0.2) is 0 Å². The standard InChI is InChI=1S/C18H26BrNO/c1-2-20-12-15-6-4-3-5-13(15)9-16-11-17(19)10-14-7-8-21-18(14)16/h10-11,13,15,20H,2-9,12H2,1H3. The van der Waals surface area contributed by atoms with E-state index in [-0.39, 0.29) is 0 Å². The predicted octanol–water partition coefficient (Wildman–Crippen LogP) is 4.34. The lowest BCUT2D eigenvalue weighted by Gasteiger charge is -2.32. The monoisotopic (exact) mass is 351 g/mol. The van der Waals surface area contributed by atoms with Gasteiger partial charge in [-0.1, -0.05) is 35.7 Å². The summed E-state index contributed by atoms with van der Waals surface area (Å²) in [4.78, 5) is 0. The van der Waals surface area contributed by atoms with Crippen LogP contribution in [0.4, 0.5) is 0 Å². The maximum atomic E-state index is 5.91. The molecule has 0 radical (unpaired) electrons. The van der Waals surface area contributed by atoms with Gasteiger partial charge in [-0.15, -0.1) is 0 Å². The summed E-state index contributed by atoms with van der Waals surface area (Å²) in [6.45, 7) is 5.31. The van der Waals surface area contributed by atoms with Crippen molar-refractivity contribution >= 4 is 15.9 Å². The minimum Gasteiger partial charge on any atom is -0.493 e. The van der Waals surface area contributed by atoms with Crippen molar-refractivity contribution < 1.29 is 4.74 Å². The first-order valence-corrected chi connectivity index (χ1v) is 9.22. The Morgan fingerprint density at radius 1 is 1.24 bits per heavy atom. The van der Waals surface area contributed by atoms with E-state index in [9.17, 15) is 0 Å². The molecule has 1 heterocycles. The molecule has 0 amide bonds. The highest BCUT2D eigenvalue weighted by Gasteiger charge is 2.27. The van der Waals surface area contributed by atoms with Crippen molar-refractivity contribution in [1.29, 1.82) is 0 Å². The SMILES string of the molecule is CCNCC1CCCCC1Cc1cc(Br)cc2c1OCC2. The number of hydrogen-bond acceptors (Lipinski definition) is 2. The number of ether oxygens (including phenoxy) is 1. The van der Waals surface area contributed by atoms with Crippen LogP contribution >= 0.6 is 15.9 Å². The Morgan fingerprint density at radius 2 is 2.05 bits per heavy atom. The molecule has 2 atom stereocenters. The van der Waals surface area contributed by atoms with Crippen LogP contribution in [-0.4, -0.2) is 19.7 Å². The highest BCUT2D eigenvalue weighted by molar-refractivity contribution is 9.10. The Labute approximate surface area is 136 Å². The Balaban J connectivity index is 1.75. The zero-order valence-corrected chi connectivity index (χ0v) is 14.5. The van der Waals surface area contributed by atoms with Crippen LogP contribution in [-0.2, 0) is 12.8 Å². The van der Waals surface area contributed by atoms with Gasteiger partial charge in [0.2, 0.25) is 0 Å². The van der Waals surface area contributed by atoms with E-state index in [0.717, 1.165) is 31.4 Å². The van der Waals surface area contributed by atoms with E-state index >= 15 is 0 Å². The van der Waals surface area contributed by atoms with Gasteiger partial charge in [0.25, 0.3) is 0 Å². The van der Waals surface area contributed by atoms with E-state index in [2.05, 4.69) is 40.3 Å². The van der Waals surface area contributed by atoms with E-state index in [1.165, 1.54) is 60.0 Å². The quantitative estimate of drug-likeness (QED) is 0.851. The molecule has 0 aromatic heterocycles. The van der Waals surface area contributed by atoms with Crippen molar-refractivity contribution in [1.82, 2.24) is 5.32 Å². The van der Waals surface area contributed by atoms with E-state index in [1.54, 1.807) is 0 Å². The van der Waals surface area contributed by atoms with Crippen LogP contribution in [0.25, 0.3) is 0 Å². The summed E-state index contributed by atoms with van der Waals surface area (Å²) < 4.78 is 7.12. The fourth-order valence-electron chi connectivity index (χ4n) is 3.93. The summed E-state index contributed by atoms with van der Waals surface area (Å²) in [7, 11) is 0.